The van der Waals surface area contributed by atoms with Crippen LogP contribution in [0.25, 0.3) is 10.9 Å². The summed E-state index contributed by atoms with van der Waals surface area (Å²) in [5, 5.41) is 0.674. The predicted octanol–water partition coefficient (Wildman–Crippen LogP) is 4.49. The molecule has 0 amide bonds. The Hall–Kier alpha value is -1.47. The van der Waals surface area contributed by atoms with Crippen LogP contribution < -0.4 is 9.64 Å². The molecular formula is C18H25BrFN3O2. The number of halogens is 2. The number of aromatic nitrogens is 2. The summed E-state index contributed by atoms with van der Waals surface area (Å²) in [5.74, 6) is 0.258. The first-order valence-corrected chi connectivity index (χ1v) is 9.34. The van der Waals surface area contributed by atoms with Crippen LogP contribution in [-0.4, -0.2) is 43.4 Å². The van der Waals surface area contributed by atoms with E-state index in [0.29, 0.717) is 28.9 Å². The first-order valence-electron chi connectivity index (χ1n) is 8.55. The molecule has 0 radical (unpaired) electrons. The van der Waals surface area contributed by atoms with Crippen molar-refractivity contribution in [3.8, 4) is 6.01 Å². The lowest BCUT2D eigenvalue weighted by Crippen LogP contribution is -2.27. The maximum absolute atomic E-state index is 14.6. The third-order valence-electron chi connectivity index (χ3n) is 3.88. The summed E-state index contributed by atoms with van der Waals surface area (Å²) in [7, 11) is 3.74. The molecule has 0 atom stereocenters. The van der Waals surface area contributed by atoms with E-state index in [1.165, 1.54) is 0 Å². The summed E-state index contributed by atoms with van der Waals surface area (Å²) in [6.45, 7) is 7.17. The van der Waals surface area contributed by atoms with E-state index >= 15 is 0 Å². The number of benzene rings is 1. The van der Waals surface area contributed by atoms with Gasteiger partial charge in [0.25, 0.3) is 0 Å². The topological polar surface area (TPSA) is 47.5 Å². The van der Waals surface area contributed by atoms with Gasteiger partial charge in [-0.1, -0.05) is 13.8 Å². The Kier molecular flexibility index (Phi) is 6.95. The molecule has 138 valence electrons. The van der Waals surface area contributed by atoms with Crippen molar-refractivity contribution in [3.63, 3.8) is 0 Å². The highest BCUT2D eigenvalue weighted by Crippen LogP contribution is 2.33. The number of hydrogen-bond donors (Lipinski definition) is 0. The van der Waals surface area contributed by atoms with Crippen LogP contribution in [0.4, 0.5) is 10.2 Å². The molecule has 1 aliphatic rings. The number of fused-ring (bicyclic) bond motifs is 1. The molecule has 0 spiro atoms. The molecule has 3 rings (SSSR count). The third kappa shape index (κ3) is 4.39. The quantitative estimate of drug-likeness (QED) is 0.741. The van der Waals surface area contributed by atoms with Gasteiger partial charge >= 0.3 is 6.01 Å². The van der Waals surface area contributed by atoms with E-state index in [1.54, 1.807) is 0 Å². The fourth-order valence-electron chi connectivity index (χ4n) is 2.63. The van der Waals surface area contributed by atoms with E-state index in [9.17, 15) is 4.39 Å². The molecule has 2 heterocycles. The number of ether oxygens (including phenoxy) is 2. The molecule has 0 unspecified atom stereocenters. The van der Waals surface area contributed by atoms with Crippen LogP contribution in [0, 0.1) is 12.7 Å². The lowest BCUT2D eigenvalue weighted by Gasteiger charge is -2.23. The number of hydrogen-bond acceptors (Lipinski definition) is 5. The highest BCUT2D eigenvalue weighted by molar-refractivity contribution is 9.10. The van der Waals surface area contributed by atoms with Gasteiger partial charge in [0, 0.05) is 32.3 Å². The number of aryl methyl sites for hydroxylation is 1. The lowest BCUT2D eigenvalue weighted by atomic mass is 10.1. The van der Waals surface area contributed by atoms with Crippen molar-refractivity contribution in [1.29, 1.82) is 0 Å². The monoisotopic (exact) mass is 413 g/mol. The zero-order valence-corrected chi connectivity index (χ0v) is 17.0. The van der Waals surface area contributed by atoms with E-state index in [4.69, 9.17) is 9.47 Å². The first-order chi connectivity index (χ1) is 12.0. The van der Waals surface area contributed by atoms with Crippen molar-refractivity contribution in [1.82, 2.24) is 9.97 Å². The maximum Gasteiger partial charge on any atom is 0.319 e. The fourth-order valence-corrected chi connectivity index (χ4v) is 2.93. The van der Waals surface area contributed by atoms with Gasteiger partial charge in [-0.2, -0.15) is 9.97 Å². The van der Waals surface area contributed by atoms with E-state index in [2.05, 4.69) is 25.9 Å². The van der Waals surface area contributed by atoms with Gasteiger partial charge < -0.3 is 14.4 Å². The zero-order chi connectivity index (χ0) is 18.6. The van der Waals surface area contributed by atoms with Crippen LogP contribution in [0.2, 0.25) is 0 Å². The Morgan fingerprint density at radius 2 is 1.88 bits per heavy atom. The van der Waals surface area contributed by atoms with Crippen molar-refractivity contribution >= 4 is 32.7 Å². The molecule has 1 saturated heterocycles. The minimum atomic E-state index is -0.387. The molecule has 0 bridgehead atoms. The molecule has 0 saturated carbocycles. The fraction of sp³-hybridized carbons (Fsp3) is 0.556. The van der Waals surface area contributed by atoms with Gasteiger partial charge in [-0.25, -0.2) is 4.39 Å². The van der Waals surface area contributed by atoms with Crippen molar-refractivity contribution < 1.29 is 13.9 Å². The number of anilines is 1. The maximum atomic E-state index is 14.6. The standard InChI is InChI=1S/C16H19BrFN3O2.C2H6/c1-9-8-11-14(13(18)12(9)17)19-16(20-15(11)21(2)3)23-10-4-6-22-7-5-10;1-2/h8,10H,4-7H2,1-3H3;1-2H3. The van der Waals surface area contributed by atoms with Crippen molar-refractivity contribution in [3.05, 3.63) is 21.9 Å². The van der Waals surface area contributed by atoms with Crippen molar-refractivity contribution in [2.75, 3.05) is 32.2 Å². The molecule has 7 heteroatoms. The van der Waals surface area contributed by atoms with E-state index in [-0.39, 0.29) is 23.4 Å². The van der Waals surface area contributed by atoms with Crippen LogP contribution in [0.5, 0.6) is 6.01 Å². The Morgan fingerprint density at radius 1 is 1.24 bits per heavy atom. The Labute approximate surface area is 156 Å². The van der Waals surface area contributed by atoms with Gasteiger partial charge in [-0.3, -0.25) is 0 Å². The highest BCUT2D eigenvalue weighted by Gasteiger charge is 2.21. The van der Waals surface area contributed by atoms with Crippen molar-refractivity contribution in [2.45, 2.75) is 39.7 Å². The first kappa shape index (κ1) is 19.8. The van der Waals surface area contributed by atoms with Gasteiger partial charge in [-0.15, -0.1) is 0 Å². The predicted molar refractivity (Wildman–Crippen MR) is 102 cm³/mol. The van der Waals surface area contributed by atoms with Crippen LogP contribution in [0.3, 0.4) is 0 Å². The molecular weight excluding hydrogens is 389 g/mol. The lowest BCUT2D eigenvalue weighted by molar-refractivity contribution is 0.0219. The Bertz CT molecular complexity index is 734. The SMILES string of the molecule is CC.Cc1cc2c(N(C)C)nc(OC3CCOCC3)nc2c(F)c1Br. The Morgan fingerprint density at radius 3 is 2.48 bits per heavy atom. The van der Waals surface area contributed by atoms with Crippen LogP contribution >= 0.6 is 15.9 Å². The molecule has 25 heavy (non-hydrogen) atoms. The molecule has 1 fully saturated rings. The van der Waals surface area contributed by atoms with Gasteiger partial charge in [-0.05, 0) is 34.5 Å². The zero-order valence-electron chi connectivity index (χ0n) is 15.4. The summed E-state index contributed by atoms with van der Waals surface area (Å²) in [5.41, 5.74) is 1.07. The van der Waals surface area contributed by atoms with Gasteiger partial charge in [0.2, 0.25) is 0 Å². The number of rotatable bonds is 3. The third-order valence-corrected chi connectivity index (χ3v) is 4.85. The minimum Gasteiger partial charge on any atom is -0.460 e. The highest BCUT2D eigenvalue weighted by atomic mass is 79.9. The van der Waals surface area contributed by atoms with Gasteiger partial charge in [0.05, 0.1) is 17.7 Å². The molecule has 5 nitrogen and oxygen atoms in total. The second-order valence-electron chi connectivity index (χ2n) is 5.87. The van der Waals surface area contributed by atoms with Crippen LogP contribution in [0.1, 0.15) is 32.3 Å². The van der Waals surface area contributed by atoms with Gasteiger partial charge in [0.1, 0.15) is 17.4 Å². The molecule has 1 aromatic carbocycles. The summed E-state index contributed by atoms with van der Waals surface area (Å²) in [6, 6.07) is 2.10. The Balaban J connectivity index is 0.00000109. The second kappa shape index (κ2) is 8.76. The van der Waals surface area contributed by atoms with Crippen LogP contribution in [0.15, 0.2) is 10.5 Å². The minimum absolute atomic E-state index is 0.00756. The van der Waals surface area contributed by atoms with Gasteiger partial charge in [0.15, 0.2) is 5.82 Å². The largest absolute Gasteiger partial charge is 0.460 e. The average Bonchev–Trinajstić information content (AvgIpc) is 2.62. The second-order valence-corrected chi connectivity index (χ2v) is 6.66. The summed E-state index contributed by atoms with van der Waals surface area (Å²) in [6.07, 6.45) is 1.59. The molecule has 1 aromatic heterocycles. The van der Waals surface area contributed by atoms with E-state index in [0.717, 1.165) is 18.4 Å². The summed E-state index contributed by atoms with van der Waals surface area (Å²) in [4.78, 5) is 10.6. The van der Waals surface area contributed by atoms with Crippen molar-refractivity contribution in [2.24, 2.45) is 0 Å². The molecule has 1 aliphatic heterocycles. The van der Waals surface area contributed by atoms with E-state index in [1.807, 2.05) is 45.8 Å². The number of nitrogens with zero attached hydrogens (tertiary/aromatic N) is 3. The average molecular weight is 414 g/mol. The normalized spacial score (nSPS) is 14.8. The molecule has 0 N–H and O–H groups in total. The molecule has 0 aliphatic carbocycles. The summed E-state index contributed by atoms with van der Waals surface area (Å²) >= 11 is 3.28. The van der Waals surface area contributed by atoms with E-state index < -0.39 is 0 Å². The molecule has 2 aromatic rings. The summed E-state index contributed by atoms with van der Waals surface area (Å²) < 4.78 is 26.2. The van der Waals surface area contributed by atoms with Crippen LogP contribution in [-0.2, 0) is 4.74 Å². The smallest absolute Gasteiger partial charge is 0.319 e.